The maximum absolute atomic E-state index is 12.6. The second-order valence-corrected chi connectivity index (χ2v) is 6.08. The van der Waals surface area contributed by atoms with Gasteiger partial charge in [0, 0.05) is 5.54 Å². The monoisotopic (exact) mass is 236 g/mol. The van der Waals surface area contributed by atoms with E-state index in [0.717, 1.165) is 38.5 Å². The van der Waals surface area contributed by atoms with Crippen LogP contribution in [0.4, 0.5) is 0 Å². The van der Waals surface area contributed by atoms with E-state index in [1.165, 1.54) is 6.42 Å². The quantitative estimate of drug-likeness (QED) is 0.743. The predicted molar refractivity (Wildman–Crippen MR) is 63.3 cm³/mol. The molecule has 2 aliphatic carbocycles. The molecule has 2 saturated carbocycles. The van der Waals surface area contributed by atoms with Crippen LogP contribution >= 0.6 is 0 Å². The minimum Gasteiger partial charge on any atom is -0.340 e. The van der Waals surface area contributed by atoms with Crippen LogP contribution in [-0.2, 0) is 9.59 Å². The van der Waals surface area contributed by atoms with Gasteiger partial charge in [0.25, 0.3) is 0 Å². The third-order valence-corrected chi connectivity index (χ3v) is 4.87. The summed E-state index contributed by atoms with van der Waals surface area (Å²) < 4.78 is 0. The Morgan fingerprint density at radius 1 is 1.06 bits per heavy atom. The second kappa shape index (κ2) is 3.47. The number of carbonyl (C=O) groups is 2. The Kier molecular flexibility index (Phi) is 2.25. The van der Waals surface area contributed by atoms with Crippen LogP contribution < -0.4 is 5.32 Å². The third-order valence-electron chi connectivity index (χ3n) is 4.87. The van der Waals surface area contributed by atoms with Gasteiger partial charge in [0.1, 0.15) is 12.1 Å². The second-order valence-electron chi connectivity index (χ2n) is 6.08. The fourth-order valence-electron chi connectivity index (χ4n) is 3.55. The summed E-state index contributed by atoms with van der Waals surface area (Å²) in [5.41, 5.74) is -0.599. The molecule has 94 valence electrons. The molecule has 3 aliphatic rings. The molecule has 1 heterocycles. The van der Waals surface area contributed by atoms with E-state index in [9.17, 15) is 9.59 Å². The fourth-order valence-corrected chi connectivity index (χ4v) is 3.55. The summed E-state index contributed by atoms with van der Waals surface area (Å²) >= 11 is 0. The molecule has 1 aliphatic heterocycles. The Morgan fingerprint density at radius 3 is 2.24 bits per heavy atom. The van der Waals surface area contributed by atoms with E-state index in [1.54, 1.807) is 0 Å². The smallest absolute Gasteiger partial charge is 0.249 e. The highest BCUT2D eigenvalue weighted by molar-refractivity contribution is 5.98. The van der Waals surface area contributed by atoms with Crippen LogP contribution in [0.15, 0.2) is 0 Å². The highest BCUT2D eigenvalue weighted by Crippen LogP contribution is 2.42. The highest BCUT2D eigenvalue weighted by atomic mass is 16.2. The zero-order valence-corrected chi connectivity index (χ0v) is 10.4. The largest absolute Gasteiger partial charge is 0.340 e. The Bertz CT molecular complexity index is 368. The number of hydrogen-bond donors (Lipinski definition) is 1. The van der Waals surface area contributed by atoms with E-state index >= 15 is 0 Å². The topological polar surface area (TPSA) is 49.4 Å². The lowest BCUT2D eigenvalue weighted by Gasteiger charge is -2.52. The lowest BCUT2D eigenvalue weighted by Crippen LogP contribution is -2.71. The fraction of sp³-hybridized carbons (Fsp3) is 0.846. The van der Waals surface area contributed by atoms with Crippen LogP contribution in [0.25, 0.3) is 0 Å². The van der Waals surface area contributed by atoms with Crippen LogP contribution in [-0.4, -0.2) is 34.3 Å². The molecule has 0 bridgehead atoms. The summed E-state index contributed by atoms with van der Waals surface area (Å²) in [6.07, 6.45) is 7.01. The highest BCUT2D eigenvalue weighted by Gasteiger charge is 2.53. The van der Waals surface area contributed by atoms with Crippen molar-refractivity contribution >= 4 is 11.8 Å². The standard InChI is InChI=1S/C13H20N2O2/c1-12(5-4-6-12)15-9-10(16)14-13(11(15)17)7-2-3-8-13/h2-9H2,1H3,(H,14,16). The van der Waals surface area contributed by atoms with Crippen molar-refractivity contribution in [2.75, 3.05) is 6.54 Å². The average Bonchev–Trinajstić information content (AvgIpc) is 2.70. The molecule has 0 aromatic carbocycles. The maximum Gasteiger partial charge on any atom is 0.249 e. The lowest BCUT2D eigenvalue weighted by atomic mass is 9.75. The molecule has 4 heteroatoms. The van der Waals surface area contributed by atoms with Gasteiger partial charge in [0.2, 0.25) is 11.8 Å². The molecule has 0 aromatic heterocycles. The summed E-state index contributed by atoms with van der Waals surface area (Å²) in [7, 11) is 0. The van der Waals surface area contributed by atoms with Crippen molar-refractivity contribution in [2.24, 2.45) is 0 Å². The molecular weight excluding hydrogens is 216 g/mol. The van der Waals surface area contributed by atoms with E-state index in [0.29, 0.717) is 0 Å². The van der Waals surface area contributed by atoms with E-state index in [1.807, 2.05) is 4.90 Å². The van der Waals surface area contributed by atoms with Gasteiger partial charge in [-0.2, -0.15) is 0 Å². The van der Waals surface area contributed by atoms with Crippen LogP contribution in [0.1, 0.15) is 51.9 Å². The van der Waals surface area contributed by atoms with E-state index in [4.69, 9.17) is 0 Å². The number of nitrogens with zero attached hydrogens (tertiary/aromatic N) is 1. The first kappa shape index (κ1) is 11.1. The van der Waals surface area contributed by atoms with Gasteiger partial charge in [0.15, 0.2) is 0 Å². The molecule has 1 spiro atoms. The summed E-state index contributed by atoms with van der Waals surface area (Å²) in [5.74, 6) is 0.205. The van der Waals surface area contributed by atoms with Crippen molar-refractivity contribution in [3.05, 3.63) is 0 Å². The van der Waals surface area contributed by atoms with Crippen molar-refractivity contribution in [3.8, 4) is 0 Å². The van der Waals surface area contributed by atoms with Gasteiger partial charge in [-0.15, -0.1) is 0 Å². The zero-order chi connectivity index (χ0) is 12.1. The zero-order valence-electron chi connectivity index (χ0n) is 10.4. The average molecular weight is 236 g/mol. The molecule has 3 rings (SSSR count). The van der Waals surface area contributed by atoms with Gasteiger partial charge in [-0.05, 0) is 39.0 Å². The van der Waals surface area contributed by atoms with Crippen molar-refractivity contribution in [3.63, 3.8) is 0 Å². The predicted octanol–water partition coefficient (Wildman–Crippen LogP) is 1.20. The van der Waals surface area contributed by atoms with Gasteiger partial charge in [-0.1, -0.05) is 12.8 Å². The number of rotatable bonds is 1. The van der Waals surface area contributed by atoms with Gasteiger partial charge in [-0.3, -0.25) is 9.59 Å². The molecule has 2 amide bonds. The summed E-state index contributed by atoms with van der Waals surface area (Å²) in [6, 6.07) is 0. The molecule has 0 radical (unpaired) electrons. The van der Waals surface area contributed by atoms with Crippen molar-refractivity contribution in [1.82, 2.24) is 10.2 Å². The number of amides is 2. The van der Waals surface area contributed by atoms with Gasteiger partial charge >= 0.3 is 0 Å². The third kappa shape index (κ3) is 1.49. The van der Waals surface area contributed by atoms with Crippen LogP contribution in [0, 0.1) is 0 Å². The molecule has 1 saturated heterocycles. The molecule has 0 unspecified atom stereocenters. The number of nitrogens with one attached hydrogen (secondary N) is 1. The minimum absolute atomic E-state index is 0.0274. The van der Waals surface area contributed by atoms with Gasteiger partial charge < -0.3 is 10.2 Å². The molecular formula is C13H20N2O2. The number of piperazine rings is 1. The molecule has 0 aromatic rings. The lowest BCUT2D eigenvalue weighted by molar-refractivity contribution is -0.159. The molecule has 4 nitrogen and oxygen atoms in total. The first-order valence-corrected chi connectivity index (χ1v) is 6.69. The van der Waals surface area contributed by atoms with Crippen LogP contribution in [0.5, 0.6) is 0 Å². The van der Waals surface area contributed by atoms with Crippen molar-refractivity contribution in [2.45, 2.75) is 62.9 Å². The summed E-state index contributed by atoms with van der Waals surface area (Å²) in [5, 5.41) is 2.96. The summed E-state index contributed by atoms with van der Waals surface area (Å²) in [6.45, 7) is 2.38. The van der Waals surface area contributed by atoms with E-state index in [2.05, 4.69) is 12.2 Å². The first-order chi connectivity index (χ1) is 8.06. The number of carbonyl (C=O) groups excluding carboxylic acids is 2. The Balaban J connectivity index is 1.89. The number of hydrogen-bond acceptors (Lipinski definition) is 2. The SMILES string of the molecule is CC1(N2CC(=O)NC3(CCCC3)C2=O)CCC1. The van der Waals surface area contributed by atoms with Gasteiger partial charge in [0.05, 0.1) is 0 Å². The van der Waals surface area contributed by atoms with Crippen molar-refractivity contribution < 1.29 is 9.59 Å². The molecule has 17 heavy (non-hydrogen) atoms. The van der Waals surface area contributed by atoms with Gasteiger partial charge in [-0.25, -0.2) is 0 Å². The van der Waals surface area contributed by atoms with Crippen LogP contribution in [0.3, 0.4) is 0 Å². The Morgan fingerprint density at radius 2 is 1.71 bits per heavy atom. The van der Waals surface area contributed by atoms with Crippen LogP contribution in [0.2, 0.25) is 0 Å². The normalized spacial score (nSPS) is 30.3. The Hall–Kier alpha value is -1.06. The van der Waals surface area contributed by atoms with Crippen molar-refractivity contribution in [1.29, 1.82) is 0 Å². The Labute approximate surface area is 102 Å². The maximum atomic E-state index is 12.6. The first-order valence-electron chi connectivity index (χ1n) is 6.69. The van der Waals surface area contributed by atoms with E-state index in [-0.39, 0.29) is 23.9 Å². The van der Waals surface area contributed by atoms with E-state index < -0.39 is 5.54 Å². The molecule has 0 atom stereocenters. The molecule has 1 N–H and O–H groups in total. The summed E-state index contributed by atoms with van der Waals surface area (Å²) in [4.78, 5) is 26.4. The molecule has 3 fully saturated rings. The minimum atomic E-state index is -0.548.